The molecular formula is C24H16N2O4. The molecule has 0 unspecified atom stereocenters. The number of esters is 1. The van der Waals surface area contributed by atoms with Crippen molar-refractivity contribution in [1.29, 1.82) is 5.26 Å². The number of rotatable bonds is 5. The lowest BCUT2D eigenvalue weighted by atomic mass is 10.1. The lowest BCUT2D eigenvalue weighted by molar-refractivity contribution is 0.0471. The Morgan fingerprint density at radius 1 is 0.867 bits per heavy atom. The number of carbonyl (C=O) groups is 3. The summed E-state index contributed by atoms with van der Waals surface area (Å²) in [6.45, 7) is 0.122. The molecule has 0 atom stereocenters. The third kappa shape index (κ3) is 3.56. The highest BCUT2D eigenvalue weighted by Gasteiger charge is 2.34. The molecule has 6 nitrogen and oxygen atoms in total. The number of hydrogen-bond donors (Lipinski definition) is 0. The summed E-state index contributed by atoms with van der Waals surface area (Å²) < 4.78 is 5.30. The highest BCUT2D eigenvalue weighted by atomic mass is 16.5. The Balaban J connectivity index is 1.41. The van der Waals surface area contributed by atoms with Crippen molar-refractivity contribution in [3.8, 4) is 6.07 Å². The molecule has 0 bridgehead atoms. The molecule has 3 aromatic carbocycles. The molecule has 0 saturated carbocycles. The first-order valence-corrected chi connectivity index (χ1v) is 9.28. The van der Waals surface area contributed by atoms with Crippen LogP contribution in [0.15, 0.2) is 72.8 Å². The van der Waals surface area contributed by atoms with Gasteiger partial charge < -0.3 is 4.74 Å². The molecule has 0 aliphatic carbocycles. The summed E-state index contributed by atoms with van der Waals surface area (Å²) in [4.78, 5) is 38.4. The van der Waals surface area contributed by atoms with E-state index in [1.807, 2.05) is 0 Å². The van der Waals surface area contributed by atoms with Gasteiger partial charge in [-0.25, -0.2) is 4.79 Å². The first-order valence-electron chi connectivity index (χ1n) is 9.28. The molecule has 1 aliphatic heterocycles. The van der Waals surface area contributed by atoms with Gasteiger partial charge in [0.15, 0.2) is 0 Å². The van der Waals surface area contributed by atoms with E-state index in [-0.39, 0.29) is 25.0 Å². The zero-order valence-corrected chi connectivity index (χ0v) is 15.9. The highest BCUT2D eigenvalue weighted by Crippen LogP contribution is 2.24. The number of ether oxygens (including phenoxy) is 1. The first-order chi connectivity index (χ1) is 14.6. The Hall–Kier alpha value is -4.24. The number of carbonyl (C=O) groups excluding carboxylic acids is 3. The standard InChI is InChI=1S/C24H16N2O4/c25-13-18-5-1-2-6-19(18)15-30-24(29)17-11-9-16(10-12-17)14-26-22(27)20-7-3-4-8-21(20)23(26)28/h1-12H,14-15H2. The van der Waals surface area contributed by atoms with Crippen LogP contribution in [0.3, 0.4) is 0 Å². The summed E-state index contributed by atoms with van der Waals surface area (Å²) in [6, 6.07) is 22.3. The Morgan fingerprint density at radius 3 is 2.10 bits per heavy atom. The van der Waals surface area contributed by atoms with E-state index in [1.54, 1.807) is 72.8 Å². The molecule has 6 heteroatoms. The molecule has 30 heavy (non-hydrogen) atoms. The van der Waals surface area contributed by atoms with Gasteiger partial charge in [-0.05, 0) is 35.9 Å². The lowest BCUT2D eigenvalue weighted by Gasteiger charge is -2.14. The van der Waals surface area contributed by atoms with Gasteiger partial charge in [-0.3, -0.25) is 14.5 Å². The second-order valence-corrected chi connectivity index (χ2v) is 6.78. The monoisotopic (exact) mass is 396 g/mol. The summed E-state index contributed by atoms with van der Waals surface area (Å²) >= 11 is 0. The van der Waals surface area contributed by atoms with Gasteiger partial charge in [0.2, 0.25) is 0 Å². The summed E-state index contributed by atoms with van der Waals surface area (Å²) in [5.41, 5.74) is 2.96. The highest BCUT2D eigenvalue weighted by molar-refractivity contribution is 6.21. The zero-order chi connectivity index (χ0) is 21.1. The minimum Gasteiger partial charge on any atom is -0.457 e. The smallest absolute Gasteiger partial charge is 0.338 e. The third-order valence-corrected chi connectivity index (χ3v) is 4.91. The topological polar surface area (TPSA) is 87.5 Å². The minimum atomic E-state index is -0.518. The molecule has 0 radical (unpaired) electrons. The molecule has 2 amide bonds. The van der Waals surface area contributed by atoms with Crippen molar-refractivity contribution in [3.63, 3.8) is 0 Å². The van der Waals surface area contributed by atoms with Gasteiger partial charge in [-0.15, -0.1) is 0 Å². The number of nitrogens with zero attached hydrogens (tertiary/aromatic N) is 2. The van der Waals surface area contributed by atoms with Gasteiger partial charge in [0, 0.05) is 5.56 Å². The molecule has 0 spiro atoms. The Labute approximate surface area is 172 Å². The van der Waals surface area contributed by atoms with Crippen LogP contribution in [0.5, 0.6) is 0 Å². The summed E-state index contributed by atoms with van der Waals surface area (Å²) in [5, 5.41) is 9.10. The van der Waals surface area contributed by atoms with E-state index in [0.717, 1.165) is 5.56 Å². The van der Waals surface area contributed by atoms with Crippen molar-refractivity contribution in [1.82, 2.24) is 4.90 Å². The number of benzene rings is 3. The van der Waals surface area contributed by atoms with Crippen LogP contribution in [0, 0.1) is 11.3 Å². The van der Waals surface area contributed by atoms with Crippen molar-refractivity contribution in [2.75, 3.05) is 0 Å². The number of imide groups is 1. The second-order valence-electron chi connectivity index (χ2n) is 6.78. The quantitative estimate of drug-likeness (QED) is 0.485. The SMILES string of the molecule is N#Cc1ccccc1COC(=O)c1ccc(CN2C(=O)c3ccccc3C2=O)cc1. The van der Waals surface area contributed by atoms with E-state index in [0.29, 0.717) is 27.8 Å². The van der Waals surface area contributed by atoms with E-state index in [9.17, 15) is 14.4 Å². The van der Waals surface area contributed by atoms with E-state index >= 15 is 0 Å². The summed E-state index contributed by atoms with van der Waals surface area (Å²) in [6.07, 6.45) is 0. The van der Waals surface area contributed by atoms with Gasteiger partial charge in [0.05, 0.1) is 34.9 Å². The van der Waals surface area contributed by atoms with Crippen molar-refractivity contribution in [3.05, 3.63) is 106 Å². The maximum absolute atomic E-state index is 12.5. The predicted molar refractivity (Wildman–Crippen MR) is 107 cm³/mol. The number of fused-ring (bicyclic) bond motifs is 1. The Bertz CT molecular complexity index is 1160. The molecule has 146 valence electrons. The fraction of sp³-hybridized carbons (Fsp3) is 0.0833. The summed E-state index contributed by atoms with van der Waals surface area (Å²) in [7, 11) is 0. The van der Waals surface area contributed by atoms with E-state index in [2.05, 4.69) is 6.07 Å². The van der Waals surface area contributed by atoms with Gasteiger partial charge >= 0.3 is 5.97 Å². The van der Waals surface area contributed by atoms with E-state index in [4.69, 9.17) is 10.00 Å². The molecule has 4 rings (SSSR count). The van der Waals surface area contributed by atoms with E-state index < -0.39 is 5.97 Å². The molecule has 0 aromatic heterocycles. The van der Waals surface area contributed by atoms with Crippen LogP contribution in [0.1, 0.15) is 47.8 Å². The third-order valence-electron chi connectivity index (χ3n) is 4.91. The fourth-order valence-corrected chi connectivity index (χ4v) is 3.29. The molecule has 0 saturated heterocycles. The van der Waals surface area contributed by atoms with Crippen LogP contribution >= 0.6 is 0 Å². The van der Waals surface area contributed by atoms with Gasteiger partial charge in [0.25, 0.3) is 11.8 Å². The van der Waals surface area contributed by atoms with Crippen molar-refractivity contribution < 1.29 is 19.1 Å². The minimum absolute atomic E-state index is 0.000637. The Kier molecular flexibility index (Phi) is 5.10. The largest absolute Gasteiger partial charge is 0.457 e. The molecule has 1 aliphatic rings. The molecular weight excluding hydrogens is 380 g/mol. The van der Waals surface area contributed by atoms with Crippen molar-refractivity contribution in [2.24, 2.45) is 0 Å². The van der Waals surface area contributed by atoms with Crippen LogP contribution in [-0.4, -0.2) is 22.7 Å². The molecule has 3 aromatic rings. The van der Waals surface area contributed by atoms with Gasteiger partial charge in [-0.1, -0.05) is 42.5 Å². The zero-order valence-electron chi connectivity index (χ0n) is 15.9. The average molecular weight is 396 g/mol. The van der Waals surface area contributed by atoms with Crippen LogP contribution in [-0.2, 0) is 17.9 Å². The molecule has 1 heterocycles. The maximum atomic E-state index is 12.5. The predicted octanol–water partition coefficient (Wildman–Crippen LogP) is 3.71. The first kappa shape index (κ1) is 19.1. The second kappa shape index (κ2) is 8.02. The number of amides is 2. The maximum Gasteiger partial charge on any atom is 0.338 e. The van der Waals surface area contributed by atoms with Crippen molar-refractivity contribution in [2.45, 2.75) is 13.2 Å². The Morgan fingerprint density at radius 2 is 1.47 bits per heavy atom. The van der Waals surface area contributed by atoms with Crippen LogP contribution < -0.4 is 0 Å². The summed E-state index contributed by atoms with van der Waals surface area (Å²) in [5.74, 6) is -1.17. The van der Waals surface area contributed by atoms with E-state index in [1.165, 1.54) is 4.90 Å². The fourth-order valence-electron chi connectivity index (χ4n) is 3.29. The molecule has 0 fully saturated rings. The molecule has 0 N–H and O–H groups in total. The normalized spacial score (nSPS) is 12.4. The van der Waals surface area contributed by atoms with Crippen LogP contribution in [0.25, 0.3) is 0 Å². The van der Waals surface area contributed by atoms with Crippen LogP contribution in [0.4, 0.5) is 0 Å². The van der Waals surface area contributed by atoms with Crippen LogP contribution in [0.2, 0.25) is 0 Å². The number of nitriles is 1. The van der Waals surface area contributed by atoms with Gasteiger partial charge in [0.1, 0.15) is 6.61 Å². The average Bonchev–Trinajstić information content (AvgIpc) is 3.03. The van der Waals surface area contributed by atoms with Gasteiger partial charge in [-0.2, -0.15) is 5.26 Å². The van der Waals surface area contributed by atoms with Crippen molar-refractivity contribution >= 4 is 17.8 Å². The number of hydrogen-bond acceptors (Lipinski definition) is 5. The lowest BCUT2D eigenvalue weighted by Crippen LogP contribution is -2.29.